The topological polar surface area (TPSA) is 38.3 Å². The van der Waals surface area contributed by atoms with Crippen LogP contribution in [-0.2, 0) is 9.53 Å². The van der Waals surface area contributed by atoms with Crippen molar-refractivity contribution in [2.75, 3.05) is 7.11 Å². The highest BCUT2D eigenvalue weighted by atomic mass is 16.5. The molecular formula is C15H27NO2. The van der Waals surface area contributed by atoms with Crippen molar-refractivity contribution in [2.24, 2.45) is 17.8 Å². The Balaban J connectivity index is 1.97. The molecule has 3 atom stereocenters. The molecule has 0 bridgehead atoms. The summed E-state index contributed by atoms with van der Waals surface area (Å²) >= 11 is 0. The molecule has 2 aliphatic carbocycles. The first-order chi connectivity index (χ1) is 8.63. The predicted octanol–water partition coefficient (Wildman–Crippen LogP) is 2.74. The summed E-state index contributed by atoms with van der Waals surface area (Å²) in [5, 5.41) is 3.63. The fraction of sp³-hybridized carbons (Fsp3) is 0.933. The fourth-order valence-corrected chi connectivity index (χ4v) is 3.35. The molecule has 2 saturated carbocycles. The van der Waals surface area contributed by atoms with Crippen LogP contribution >= 0.6 is 0 Å². The van der Waals surface area contributed by atoms with Gasteiger partial charge in [-0.2, -0.15) is 0 Å². The van der Waals surface area contributed by atoms with Crippen LogP contribution in [0.25, 0.3) is 0 Å². The fourth-order valence-electron chi connectivity index (χ4n) is 3.35. The van der Waals surface area contributed by atoms with E-state index in [-0.39, 0.29) is 12.0 Å². The van der Waals surface area contributed by atoms with Crippen LogP contribution in [0.5, 0.6) is 0 Å². The zero-order valence-corrected chi connectivity index (χ0v) is 11.9. The maximum Gasteiger partial charge on any atom is 0.323 e. The number of hydrogen-bond donors (Lipinski definition) is 1. The van der Waals surface area contributed by atoms with E-state index < -0.39 is 0 Å². The lowest BCUT2D eigenvalue weighted by Gasteiger charge is -2.37. The Kier molecular flexibility index (Phi) is 4.66. The van der Waals surface area contributed by atoms with Crippen LogP contribution in [0.15, 0.2) is 0 Å². The molecule has 0 amide bonds. The summed E-state index contributed by atoms with van der Waals surface area (Å²) in [5.41, 5.74) is 0. The molecule has 2 aliphatic rings. The normalized spacial score (nSPS) is 30.2. The van der Waals surface area contributed by atoms with Crippen molar-refractivity contribution in [3.05, 3.63) is 0 Å². The summed E-state index contributed by atoms with van der Waals surface area (Å²) in [6, 6.07) is 0.447. The standard InChI is InChI=1S/C15H27NO2/c1-10(2)12-6-4-5-7-13(12)16-14(11-8-9-11)15(17)18-3/h10-14,16H,4-9H2,1-3H3. The molecule has 3 nitrogen and oxygen atoms in total. The van der Waals surface area contributed by atoms with Crippen molar-refractivity contribution in [3.63, 3.8) is 0 Å². The number of carbonyl (C=O) groups is 1. The van der Waals surface area contributed by atoms with Crippen molar-refractivity contribution in [1.29, 1.82) is 0 Å². The van der Waals surface area contributed by atoms with E-state index in [0.717, 1.165) is 0 Å². The Labute approximate surface area is 111 Å². The molecule has 0 aromatic carbocycles. The number of methoxy groups -OCH3 is 1. The van der Waals surface area contributed by atoms with Crippen molar-refractivity contribution in [3.8, 4) is 0 Å². The molecule has 18 heavy (non-hydrogen) atoms. The van der Waals surface area contributed by atoms with Crippen molar-refractivity contribution < 1.29 is 9.53 Å². The van der Waals surface area contributed by atoms with Crippen molar-refractivity contribution in [1.82, 2.24) is 5.32 Å². The second-order valence-corrected chi connectivity index (χ2v) is 6.30. The molecule has 0 saturated heterocycles. The predicted molar refractivity (Wildman–Crippen MR) is 72.2 cm³/mol. The molecular weight excluding hydrogens is 226 g/mol. The zero-order valence-electron chi connectivity index (χ0n) is 11.9. The van der Waals surface area contributed by atoms with Gasteiger partial charge in [-0.15, -0.1) is 0 Å². The monoisotopic (exact) mass is 253 g/mol. The average Bonchev–Trinajstić information content (AvgIpc) is 3.19. The minimum atomic E-state index is -0.0643. The molecule has 0 aromatic rings. The average molecular weight is 253 g/mol. The summed E-state index contributed by atoms with van der Waals surface area (Å²) in [6.45, 7) is 4.60. The minimum Gasteiger partial charge on any atom is -0.468 e. The Morgan fingerprint density at radius 1 is 1.17 bits per heavy atom. The molecule has 3 heteroatoms. The van der Waals surface area contributed by atoms with Gasteiger partial charge >= 0.3 is 5.97 Å². The van der Waals surface area contributed by atoms with E-state index in [1.807, 2.05) is 0 Å². The summed E-state index contributed by atoms with van der Waals surface area (Å²) in [5.74, 6) is 1.86. The van der Waals surface area contributed by atoms with Crippen LogP contribution in [0.3, 0.4) is 0 Å². The Morgan fingerprint density at radius 3 is 2.39 bits per heavy atom. The number of rotatable bonds is 5. The first-order valence-corrected chi connectivity index (χ1v) is 7.47. The summed E-state index contributed by atoms with van der Waals surface area (Å²) in [4.78, 5) is 11.9. The quantitative estimate of drug-likeness (QED) is 0.766. The lowest BCUT2D eigenvalue weighted by atomic mass is 9.77. The number of nitrogens with one attached hydrogen (secondary N) is 1. The molecule has 2 rings (SSSR count). The smallest absolute Gasteiger partial charge is 0.323 e. The van der Waals surface area contributed by atoms with Gasteiger partial charge in [0.1, 0.15) is 6.04 Å². The number of ether oxygens (including phenoxy) is 1. The molecule has 0 aromatic heterocycles. The van der Waals surface area contributed by atoms with E-state index in [1.54, 1.807) is 0 Å². The lowest BCUT2D eigenvalue weighted by molar-refractivity contribution is -0.144. The third kappa shape index (κ3) is 3.25. The molecule has 3 unspecified atom stereocenters. The summed E-state index contributed by atoms with van der Waals surface area (Å²) < 4.78 is 4.95. The maximum absolute atomic E-state index is 11.9. The summed E-state index contributed by atoms with van der Waals surface area (Å²) in [6.07, 6.45) is 7.49. The second-order valence-electron chi connectivity index (χ2n) is 6.30. The largest absolute Gasteiger partial charge is 0.468 e. The van der Waals surface area contributed by atoms with Gasteiger partial charge in [-0.1, -0.05) is 26.7 Å². The zero-order chi connectivity index (χ0) is 13.1. The van der Waals surface area contributed by atoms with Gasteiger partial charge in [0.25, 0.3) is 0 Å². The Hall–Kier alpha value is -0.570. The molecule has 0 heterocycles. The second kappa shape index (κ2) is 6.05. The first-order valence-electron chi connectivity index (χ1n) is 7.47. The van der Waals surface area contributed by atoms with E-state index in [0.29, 0.717) is 23.8 Å². The van der Waals surface area contributed by atoms with E-state index in [9.17, 15) is 4.79 Å². The highest BCUT2D eigenvalue weighted by Crippen LogP contribution is 2.36. The van der Waals surface area contributed by atoms with E-state index in [4.69, 9.17) is 4.74 Å². The first kappa shape index (κ1) is 13.9. The van der Waals surface area contributed by atoms with Crippen LogP contribution in [0.1, 0.15) is 52.4 Å². The van der Waals surface area contributed by atoms with Crippen LogP contribution in [0.2, 0.25) is 0 Å². The van der Waals surface area contributed by atoms with Gasteiger partial charge in [-0.25, -0.2) is 0 Å². The lowest BCUT2D eigenvalue weighted by Crippen LogP contribution is -2.50. The van der Waals surface area contributed by atoms with Gasteiger partial charge in [0.05, 0.1) is 7.11 Å². The molecule has 104 valence electrons. The third-order valence-corrected chi connectivity index (χ3v) is 4.62. The van der Waals surface area contributed by atoms with Crippen molar-refractivity contribution >= 4 is 5.97 Å². The van der Waals surface area contributed by atoms with E-state index >= 15 is 0 Å². The number of carbonyl (C=O) groups excluding carboxylic acids is 1. The number of esters is 1. The van der Waals surface area contributed by atoms with Crippen molar-refractivity contribution in [2.45, 2.75) is 64.5 Å². The van der Waals surface area contributed by atoms with Gasteiger partial charge in [-0.3, -0.25) is 4.79 Å². The van der Waals surface area contributed by atoms with Gasteiger partial charge in [0, 0.05) is 6.04 Å². The van der Waals surface area contributed by atoms with Gasteiger partial charge in [0.2, 0.25) is 0 Å². The third-order valence-electron chi connectivity index (χ3n) is 4.62. The maximum atomic E-state index is 11.9. The molecule has 0 spiro atoms. The number of hydrogen-bond acceptors (Lipinski definition) is 3. The van der Waals surface area contributed by atoms with Gasteiger partial charge < -0.3 is 10.1 Å². The van der Waals surface area contributed by atoms with E-state index in [2.05, 4.69) is 19.2 Å². The molecule has 1 N–H and O–H groups in total. The van der Waals surface area contributed by atoms with Crippen LogP contribution in [0, 0.1) is 17.8 Å². The van der Waals surface area contributed by atoms with Gasteiger partial charge in [0.15, 0.2) is 0 Å². The van der Waals surface area contributed by atoms with Crippen LogP contribution in [0.4, 0.5) is 0 Å². The molecule has 2 fully saturated rings. The van der Waals surface area contributed by atoms with Gasteiger partial charge in [-0.05, 0) is 43.4 Å². The van der Waals surface area contributed by atoms with Crippen LogP contribution in [-0.4, -0.2) is 25.2 Å². The molecule has 0 aliphatic heterocycles. The highest BCUT2D eigenvalue weighted by Gasteiger charge is 2.40. The van der Waals surface area contributed by atoms with Crippen LogP contribution < -0.4 is 5.32 Å². The highest BCUT2D eigenvalue weighted by molar-refractivity contribution is 5.76. The Morgan fingerprint density at radius 2 is 1.83 bits per heavy atom. The summed E-state index contributed by atoms with van der Waals surface area (Å²) in [7, 11) is 1.50. The van der Waals surface area contributed by atoms with E-state index in [1.165, 1.54) is 45.6 Å². The SMILES string of the molecule is COC(=O)C(NC1CCCCC1C(C)C)C1CC1. The molecule has 0 radical (unpaired) electrons. The minimum absolute atomic E-state index is 0.0562. The Bertz CT molecular complexity index is 286.